The molecule has 1 heterocycles. The van der Waals surface area contributed by atoms with Crippen LogP contribution < -0.4 is 5.32 Å². The minimum Gasteiger partial charge on any atom is -0.444 e. The van der Waals surface area contributed by atoms with Crippen molar-refractivity contribution in [2.24, 2.45) is 0 Å². The van der Waals surface area contributed by atoms with E-state index in [1.54, 1.807) is 4.90 Å². The zero-order valence-corrected chi connectivity index (χ0v) is 12.0. The molecule has 0 unspecified atom stereocenters. The van der Waals surface area contributed by atoms with Crippen LogP contribution in [0.3, 0.4) is 0 Å². The lowest BCUT2D eigenvalue weighted by Crippen LogP contribution is -2.45. The highest BCUT2D eigenvalue weighted by molar-refractivity contribution is 5.68. The van der Waals surface area contributed by atoms with Gasteiger partial charge in [-0.05, 0) is 48.0 Å². The van der Waals surface area contributed by atoms with Crippen LogP contribution in [0.1, 0.15) is 48.0 Å². The van der Waals surface area contributed by atoms with Gasteiger partial charge in [-0.15, -0.1) is 0 Å². The van der Waals surface area contributed by atoms with Gasteiger partial charge in [0.15, 0.2) is 0 Å². The van der Waals surface area contributed by atoms with Crippen molar-refractivity contribution >= 4 is 6.09 Å². The van der Waals surface area contributed by atoms with Gasteiger partial charge in [-0.25, -0.2) is 4.79 Å². The first kappa shape index (κ1) is 14.3. The van der Waals surface area contributed by atoms with Gasteiger partial charge in [0.2, 0.25) is 0 Å². The van der Waals surface area contributed by atoms with Gasteiger partial charge in [0.05, 0.1) is 0 Å². The van der Waals surface area contributed by atoms with Gasteiger partial charge in [-0.2, -0.15) is 0 Å². The molecule has 0 aromatic carbocycles. The number of nitrogens with zero attached hydrogens (tertiary/aromatic N) is 1. The summed E-state index contributed by atoms with van der Waals surface area (Å²) in [7, 11) is 0. The summed E-state index contributed by atoms with van der Waals surface area (Å²) in [5.74, 6) is 0. The number of ether oxygens (including phenoxy) is 1. The van der Waals surface area contributed by atoms with Crippen LogP contribution in [0, 0.1) is 0 Å². The topological polar surface area (TPSA) is 41.6 Å². The van der Waals surface area contributed by atoms with Crippen molar-refractivity contribution in [3.8, 4) is 0 Å². The van der Waals surface area contributed by atoms with E-state index in [9.17, 15) is 4.79 Å². The number of hydrogen-bond acceptors (Lipinski definition) is 3. The molecule has 1 N–H and O–H groups in total. The molecule has 0 aromatic heterocycles. The van der Waals surface area contributed by atoms with Crippen LogP contribution >= 0.6 is 0 Å². The van der Waals surface area contributed by atoms with Crippen molar-refractivity contribution in [2.75, 3.05) is 13.1 Å². The molecule has 4 heteroatoms. The zero-order valence-electron chi connectivity index (χ0n) is 12.0. The third-order valence-electron chi connectivity index (χ3n) is 2.48. The van der Waals surface area contributed by atoms with Crippen molar-refractivity contribution in [1.82, 2.24) is 10.2 Å². The maximum atomic E-state index is 11.8. The largest absolute Gasteiger partial charge is 0.444 e. The van der Waals surface area contributed by atoms with E-state index in [1.807, 2.05) is 20.8 Å². The average Bonchev–Trinajstić information content (AvgIpc) is 2.45. The summed E-state index contributed by atoms with van der Waals surface area (Å²) >= 11 is 0. The first-order chi connectivity index (χ1) is 7.57. The highest BCUT2D eigenvalue weighted by atomic mass is 16.6. The molecule has 4 nitrogen and oxygen atoms in total. The number of rotatable bonds is 1. The zero-order chi connectivity index (χ0) is 13.3. The average molecular weight is 242 g/mol. The highest BCUT2D eigenvalue weighted by Crippen LogP contribution is 2.16. The molecule has 1 aliphatic rings. The fourth-order valence-electron chi connectivity index (χ4n) is 1.98. The van der Waals surface area contributed by atoms with E-state index in [2.05, 4.69) is 26.1 Å². The second kappa shape index (κ2) is 4.84. The number of amides is 1. The van der Waals surface area contributed by atoms with Crippen LogP contribution in [0.15, 0.2) is 0 Å². The van der Waals surface area contributed by atoms with Gasteiger partial charge in [0.25, 0.3) is 0 Å². The molecule has 1 fully saturated rings. The van der Waals surface area contributed by atoms with E-state index in [0.717, 1.165) is 19.5 Å². The van der Waals surface area contributed by atoms with E-state index in [0.29, 0.717) is 6.04 Å². The van der Waals surface area contributed by atoms with E-state index in [1.165, 1.54) is 0 Å². The quantitative estimate of drug-likeness (QED) is 0.767. The Bertz CT molecular complexity index is 276. The predicted octanol–water partition coefficient (Wildman–Crippen LogP) is 2.38. The summed E-state index contributed by atoms with van der Waals surface area (Å²) in [6.45, 7) is 13.6. The van der Waals surface area contributed by atoms with Crippen LogP contribution in [-0.2, 0) is 4.74 Å². The van der Waals surface area contributed by atoms with Crippen molar-refractivity contribution in [1.29, 1.82) is 0 Å². The van der Waals surface area contributed by atoms with Gasteiger partial charge in [-0.3, -0.25) is 0 Å². The summed E-state index contributed by atoms with van der Waals surface area (Å²) in [6, 6.07) is 0.377. The predicted molar refractivity (Wildman–Crippen MR) is 69.1 cm³/mol. The van der Waals surface area contributed by atoms with Crippen LogP contribution in [-0.4, -0.2) is 41.3 Å². The molecule has 1 atom stereocenters. The lowest BCUT2D eigenvalue weighted by molar-refractivity contribution is 0.0289. The van der Waals surface area contributed by atoms with E-state index in [4.69, 9.17) is 4.74 Å². The lowest BCUT2D eigenvalue weighted by atomic mass is 10.1. The minimum atomic E-state index is -0.410. The molecule has 1 rings (SSSR count). The van der Waals surface area contributed by atoms with Crippen molar-refractivity contribution in [3.63, 3.8) is 0 Å². The monoisotopic (exact) mass is 242 g/mol. The van der Waals surface area contributed by atoms with Crippen molar-refractivity contribution < 1.29 is 9.53 Å². The first-order valence-corrected chi connectivity index (χ1v) is 6.32. The molecule has 1 amide bonds. The smallest absolute Gasteiger partial charge is 0.410 e. The van der Waals surface area contributed by atoms with Crippen LogP contribution in [0.5, 0.6) is 0 Å². The van der Waals surface area contributed by atoms with Crippen LogP contribution in [0.25, 0.3) is 0 Å². The highest BCUT2D eigenvalue weighted by Gasteiger charge is 2.31. The van der Waals surface area contributed by atoms with Gasteiger partial charge in [0.1, 0.15) is 5.60 Å². The molecule has 17 heavy (non-hydrogen) atoms. The number of carbonyl (C=O) groups is 1. The third-order valence-corrected chi connectivity index (χ3v) is 2.48. The summed E-state index contributed by atoms with van der Waals surface area (Å²) < 4.78 is 5.36. The number of nitrogens with one attached hydrogen (secondary N) is 1. The Hall–Kier alpha value is -0.770. The molecule has 0 radical (unpaired) electrons. The van der Waals surface area contributed by atoms with E-state index in [-0.39, 0.29) is 11.6 Å². The number of likely N-dealkylation sites (tertiary alicyclic amines) is 1. The molecule has 0 aliphatic carbocycles. The molecule has 1 aliphatic heterocycles. The Labute approximate surface area is 105 Å². The number of hydrogen-bond donors (Lipinski definition) is 1. The van der Waals surface area contributed by atoms with Gasteiger partial charge >= 0.3 is 6.09 Å². The standard InChI is InChI=1S/C13H26N2O2/c1-12(2,3)14-10-7-8-15(9-10)11(16)17-13(4,5)6/h10,14H,7-9H2,1-6H3/t10-/m0/s1. The van der Waals surface area contributed by atoms with Crippen LogP contribution in [0.4, 0.5) is 4.79 Å². The molecule has 0 spiro atoms. The molecule has 0 bridgehead atoms. The van der Waals surface area contributed by atoms with Gasteiger partial charge in [-0.1, -0.05) is 0 Å². The Morgan fingerprint density at radius 1 is 1.24 bits per heavy atom. The maximum absolute atomic E-state index is 11.8. The van der Waals surface area contributed by atoms with Crippen molar-refractivity contribution in [3.05, 3.63) is 0 Å². The first-order valence-electron chi connectivity index (χ1n) is 6.32. The summed E-state index contributed by atoms with van der Waals surface area (Å²) in [6.07, 6.45) is 0.798. The Balaban J connectivity index is 2.43. The van der Waals surface area contributed by atoms with Crippen molar-refractivity contribution in [2.45, 2.75) is 65.1 Å². The van der Waals surface area contributed by atoms with Gasteiger partial charge in [0, 0.05) is 24.7 Å². The maximum Gasteiger partial charge on any atom is 0.410 e. The second-order valence-electron chi connectivity index (χ2n) is 6.81. The summed E-state index contributed by atoms with van der Waals surface area (Å²) in [4.78, 5) is 13.6. The van der Waals surface area contributed by atoms with E-state index >= 15 is 0 Å². The Morgan fingerprint density at radius 3 is 2.29 bits per heavy atom. The molecule has 0 saturated carbocycles. The summed E-state index contributed by atoms with van der Waals surface area (Å²) in [5.41, 5.74) is -0.318. The fourth-order valence-corrected chi connectivity index (χ4v) is 1.98. The molecule has 100 valence electrons. The molecular formula is C13H26N2O2. The Morgan fingerprint density at radius 2 is 1.82 bits per heavy atom. The normalized spacial score (nSPS) is 21.8. The van der Waals surface area contributed by atoms with E-state index < -0.39 is 5.60 Å². The summed E-state index contributed by atoms with van der Waals surface area (Å²) in [5, 5.41) is 3.52. The minimum absolute atomic E-state index is 0.0919. The molecule has 1 saturated heterocycles. The van der Waals surface area contributed by atoms with Crippen LogP contribution in [0.2, 0.25) is 0 Å². The fraction of sp³-hybridized carbons (Fsp3) is 0.923. The molecule has 0 aromatic rings. The second-order valence-corrected chi connectivity index (χ2v) is 6.81. The molecular weight excluding hydrogens is 216 g/mol. The SMILES string of the molecule is CC(C)(C)N[C@H]1CCN(C(=O)OC(C)(C)C)C1. The Kier molecular flexibility index (Phi) is 4.07. The third kappa shape index (κ3) is 5.39. The number of carbonyl (C=O) groups excluding carboxylic acids is 1. The van der Waals surface area contributed by atoms with Gasteiger partial charge < -0.3 is 15.0 Å². The lowest BCUT2D eigenvalue weighted by Gasteiger charge is -2.27.